The monoisotopic (exact) mass is 345 g/mol. The molecule has 1 aromatic rings. The van der Waals surface area contributed by atoms with Gasteiger partial charge in [-0.2, -0.15) is 18.4 Å². The fourth-order valence-corrected chi connectivity index (χ4v) is 1.81. The Hall–Kier alpha value is -0.560. The molecule has 0 bridgehead atoms. The van der Waals surface area contributed by atoms with Gasteiger partial charge in [0.15, 0.2) is 16.5 Å². The van der Waals surface area contributed by atoms with E-state index in [-0.39, 0.29) is 14.4 Å². The van der Waals surface area contributed by atoms with Crippen molar-refractivity contribution in [2.75, 3.05) is 6.26 Å². The van der Waals surface area contributed by atoms with Crippen LogP contribution in [0.2, 0.25) is 0 Å². The van der Waals surface area contributed by atoms with Crippen LogP contribution >= 0.6 is 34.4 Å². The summed E-state index contributed by atoms with van der Waals surface area (Å²) >= 11 is 2.38. The first-order valence-electron chi connectivity index (χ1n) is 3.49. The fourth-order valence-electron chi connectivity index (χ4n) is 0.780. The van der Waals surface area contributed by atoms with Crippen molar-refractivity contribution in [2.24, 2.45) is 0 Å². The van der Waals surface area contributed by atoms with Crippen LogP contribution in [-0.2, 0) is 6.18 Å². The molecule has 0 aliphatic rings. The van der Waals surface area contributed by atoms with Gasteiger partial charge in [0.05, 0.1) is 3.57 Å². The highest BCUT2D eigenvalue weighted by Gasteiger charge is 2.37. The molecule has 0 fully saturated rings. The van der Waals surface area contributed by atoms with Crippen molar-refractivity contribution in [3.8, 4) is 6.07 Å². The molecule has 15 heavy (non-hydrogen) atoms. The zero-order valence-corrected chi connectivity index (χ0v) is 10.2. The first-order valence-corrected chi connectivity index (χ1v) is 5.79. The van der Waals surface area contributed by atoms with E-state index in [1.54, 1.807) is 12.3 Å². The predicted molar refractivity (Wildman–Crippen MR) is 56.2 cm³/mol. The molecule has 0 saturated carbocycles. The standard InChI is InChI=1S/C7H3F3IN3S/c1-15-6-13-3(2-12)4(11)5(14-6)7(8,9)10/h1H3. The van der Waals surface area contributed by atoms with Gasteiger partial charge in [-0.3, -0.25) is 0 Å². The Morgan fingerprint density at radius 2 is 2.00 bits per heavy atom. The molecular weight excluding hydrogens is 342 g/mol. The smallest absolute Gasteiger partial charge is 0.217 e. The van der Waals surface area contributed by atoms with Crippen LogP contribution in [0.25, 0.3) is 0 Å². The van der Waals surface area contributed by atoms with Gasteiger partial charge >= 0.3 is 6.18 Å². The third-order valence-corrected chi connectivity index (χ3v) is 2.96. The molecule has 80 valence electrons. The molecule has 0 N–H and O–H groups in total. The summed E-state index contributed by atoms with van der Waals surface area (Å²) in [4.78, 5) is 7.01. The largest absolute Gasteiger partial charge is 0.434 e. The van der Waals surface area contributed by atoms with Gasteiger partial charge in [0.2, 0.25) is 0 Å². The Morgan fingerprint density at radius 3 is 2.40 bits per heavy atom. The number of nitriles is 1. The SMILES string of the molecule is CSc1nc(C#N)c(I)c(C(F)(F)F)n1. The Balaban J connectivity index is 3.46. The lowest BCUT2D eigenvalue weighted by atomic mass is 10.3. The second-order valence-corrected chi connectivity index (χ2v) is 4.18. The Kier molecular flexibility index (Phi) is 3.77. The summed E-state index contributed by atoms with van der Waals surface area (Å²) in [6.07, 6.45) is -3.01. The molecule has 0 radical (unpaired) electrons. The van der Waals surface area contributed by atoms with Crippen LogP contribution < -0.4 is 0 Å². The van der Waals surface area contributed by atoms with Crippen molar-refractivity contribution in [2.45, 2.75) is 11.3 Å². The van der Waals surface area contributed by atoms with Gasteiger partial charge in [-0.15, -0.1) is 0 Å². The van der Waals surface area contributed by atoms with E-state index in [0.29, 0.717) is 0 Å². The van der Waals surface area contributed by atoms with Crippen molar-refractivity contribution >= 4 is 34.4 Å². The summed E-state index contributed by atoms with van der Waals surface area (Å²) in [6, 6.07) is 1.61. The molecule has 1 rings (SSSR count). The number of nitrogens with zero attached hydrogens (tertiary/aromatic N) is 3. The Labute approximate surface area is 101 Å². The second kappa shape index (κ2) is 4.52. The van der Waals surface area contributed by atoms with Gasteiger partial charge in [0, 0.05) is 0 Å². The molecule has 0 aliphatic carbocycles. The average Bonchev–Trinajstić information content (AvgIpc) is 2.16. The number of halogens is 4. The lowest BCUT2D eigenvalue weighted by molar-refractivity contribution is -0.142. The highest BCUT2D eigenvalue weighted by atomic mass is 127. The van der Waals surface area contributed by atoms with E-state index in [1.165, 1.54) is 22.6 Å². The molecule has 0 aromatic carbocycles. The molecule has 0 aliphatic heterocycles. The topological polar surface area (TPSA) is 49.6 Å². The van der Waals surface area contributed by atoms with Crippen LogP contribution in [0.15, 0.2) is 5.16 Å². The van der Waals surface area contributed by atoms with E-state index in [2.05, 4.69) is 9.97 Å². The van der Waals surface area contributed by atoms with E-state index in [0.717, 1.165) is 11.8 Å². The minimum Gasteiger partial charge on any atom is -0.217 e. The van der Waals surface area contributed by atoms with E-state index >= 15 is 0 Å². The summed E-state index contributed by atoms with van der Waals surface area (Å²) < 4.78 is 37.1. The molecule has 0 spiro atoms. The molecule has 0 unspecified atom stereocenters. The first kappa shape index (κ1) is 12.5. The van der Waals surface area contributed by atoms with Crippen LogP contribution in [0, 0.1) is 14.9 Å². The maximum absolute atomic E-state index is 12.5. The lowest BCUT2D eigenvalue weighted by Crippen LogP contribution is -2.13. The highest BCUT2D eigenvalue weighted by Crippen LogP contribution is 2.33. The summed E-state index contributed by atoms with van der Waals surface area (Å²) in [5.41, 5.74) is -1.30. The zero-order chi connectivity index (χ0) is 11.6. The molecule has 8 heteroatoms. The average molecular weight is 345 g/mol. The molecular formula is C7H3F3IN3S. The normalized spacial score (nSPS) is 11.2. The quantitative estimate of drug-likeness (QED) is 0.446. The molecule has 1 heterocycles. The van der Waals surface area contributed by atoms with Crippen molar-refractivity contribution in [1.82, 2.24) is 9.97 Å². The number of hydrogen-bond acceptors (Lipinski definition) is 4. The molecule has 0 amide bonds. The van der Waals surface area contributed by atoms with E-state index in [1.807, 2.05) is 0 Å². The van der Waals surface area contributed by atoms with Gasteiger partial charge in [-0.1, -0.05) is 11.8 Å². The predicted octanol–water partition coefficient (Wildman–Crippen LogP) is 2.69. The van der Waals surface area contributed by atoms with E-state index in [9.17, 15) is 13.2 Å². The van der Waals surface area contributed by atoms with Crippen molar-refractivity contribution in [1.29, 1.82) is 5.26 Å². The molecule has 3 nitrogen and oxygen atoms in total. The van der Waals surface area contributed by atoms with Gasteiger partial charge in [0.1, 0.15) is 6.07 Å². The zero-order valence-electron chi connectivity index (χ0n) is 7.26. The number of hydrogen-bond donors (Lipinski definition) is 0. The number of aromatic nitrogens is 2. The second-order valence-electron chi connectivity index (χ2n) is 2.33. The Bertz CT molecular complexity index is 427. The van der Waals surface area contributed by atoms with Gasteiger partial charge in [-0.05, 0) is 28.8 Å². The first-order chi connectivity index (χ1) is 6.90. The van der Waals surface area contributed by atoms with Crippen LogP contribution in [-0.4, -0.2) is 16.2 Å². The summed E-state index contributed by atoms with van der Waals surface area (Å²) in [5.74, 6) is 0. The van der Waals surface area contributed by atoms with Crippen LogP contribution in [0.4, 0.5) is 13.2 Å². The van der Waals surface area contributed by atoms with Crippen LogP contribution in [0.3, 0.4) is 0 Å². The van der Waals surface area contributed by atoms with Gasteiger partial charge in [0.25, 0.3) is 0 Å². The maximum Gasteiger partial charge on any atom is 0.434 e. The number of thioether (sulfide) groups is 1. The third kappa shape index (κ3) is 2.72. The van der Waals surface area contributed by atoms with Crippen molar-refractivity contribution in [3.05, 3.63) is 15.0 Å². The van der Waals surface area contributed by atoms with E-state index < -0.39 is 11.9 Å². The highest BCUT2D eigenvalue weighted by molar-refractivity contribution is 14.1. The van der Waals surface area contributed by atoms with Crippen molar-refractivity contribution in [3.63, 3.8) is 0 Å². The maximum atomic E-state index is 12.5. The minimum absolute atomic E-state index is 0.0562. The minimum atomic E-state index is -4.56. The lowest BCUT2D eigenvalue weighted by Gasteiger charge is -2.09. The summed E-state index contributed by atoms with van der Waals surface area (Å²) in [7, 11) is 0. The molecule has 0 saturated heterocycles. The fraction of sp³-hybridized carbons (Fsp3) is 0.286. The summed E-state index contributed by atoms with van der Waals surface area (Å²) in [5, 5.41) is 8.55. The van der Waals surface area contributed by atoms with Gasteiger partial charge in [-0.25, -0.2) is 9.97 Å². The number of alkyl halides is 3. The molecule has 0 atom stereocenters. The third-order valence-electron chi connectivity index (χ3n) is 1.39. The Morgan fingerprint density at radius 1 is 1.40 bits per heavy atom. The van der Waals surface area contributed by atoms with Gasteiger partial charge < -0.3 is 0 Å². The summed E-state index contributed by atoms with van der Waals surface area (Å²) in [6.45, 7) is 0. The van der Waals surface area contributed by atoms with Crippen molar-refractivity contribution < 1.29 is 13.2 Å². The van der Waals surface area contributed by atoms with Crippen LogP contribution in [0.1, 0.15) is 11.4 Å². The van der Waals surface area contributed by atoms with Crippen LogP contribution in [0.5, 0.6) is 0 Å². The van der Waals surface area contributed by atoms with E-state index in [4.69, 9.17) is 5.26 Å². The number of rotatable bonds is 1. The molecule has 1 aromatic heterocycles.